The molecule has 280 valence electrons. The Morgan fingerprint density at radius 2 is 1.59 bits per heavy atom. The number of aromatic carboxylic acids is 1. The van der Waals surface area contributed by atoms with Gasteiger partial charge in [-0.15, -0.1) is 0 Å². The third-order valence-electron chi connectivity index (χ3n) is 17.0. The van der Waals surface area contributed by atoms with Gasteiger partial charge in [-0.25, -0.2) is 4.79 Å². The highest BCUT2D eigenvalue weighted by atomic mass is 16.4. The molecule has 9 atom stereocenters. The maximum Gasteiger partial charge on any atom is 0.335 e. The van der Waals surface area contributed by atoms with E-state index in [1.54, 1.807) is 12.1 Å². The van der Waals surface area contributed by atoms with Crippen molar-refractivity contribution in [2.75, 3.05) is 39.3 Å². The van der Waals surface area contributed by atoms with Gasteiger partial charge in [0.15, 0.2) is 0 Å². The van der Waals surface area contributed by atoms with E-state index in [2.05, 4.69) is 64.4 Å². The fourth-order valence-electron chi connectivity index (χ4n) is 14.2. The minimum atomic E-state index is -0.861. The zero-order chi connectivity index (χ0) is 36.6. The van der Waals surface area contributed by atoms with Gasteiger partial charge in [0, 0.05) is 51.2 Å². The van der Waals surface area contributed by atoms with Crippen LogP contribution in [0.25, 0.3) is 5.57 Å². The molecule has 0 aromatic heterocycles. The summed E-state index contributed by atoms with van der Waals surface area (Å²) in [6.45, 7) is 27.8. The van der Waals surface area contributed by atoms with Gasteiger partial charge in [0.2, 0.25) is 5.91 Å². The number of allylic oxidation sites excluding steroid dienone is 3. The van der Waals surface area contributed by atoms with Crippen molar-refractivity contribution in [2.45, 2.75) is 118 Å². The highest BCUT2D eigenvalue weighted by molar-refractivity contribution is 5.88. The third-order valence-corrected chi connectivity index (χ3v) is 17.0. The molecule has 2 N–H and O–H groups in total. The van der Waals surface area contributed by atoms with Crippen molar-refractivity contribution in [3.63, 3.8) is 0 Å². The molecular weight excluding hydrogens is 631 g/mol. The fourth-order valence-corrected chi connectivity index (χ4v) is 14.2. The Morgan fingerprint density at radius 3 is 2.24 bits per heavy atom. The van der Waals surface area contributed by atoms with E-state index in [1.807, 2.05) is 24.0 Å². The molecule has 4 saturated carbocycles. The van der Waals surface area contributed by atoms with Crippen molar-refractivity contribution in [3.8, 4) is 0 Å². The monoisotopic (exact) mass is 698 g/mol. The molecule has 5 aliphatic carbocycles. The maximum atomic E-state index is 12.2. The number of hydrogen-bond donors (Lipinski definition) is 2. The van der Waals surface area contributed by atoms with Gasteiger partial charge < -0.3 is 15.3 Å². The first-order valence-corrected chi connectivity index (χ1v) is 20.6. The number of rotatable bonds is 8. The number of benzene rings is 1. The van der Waals surface area contributed by atoms with E-state index in [0.29, 0.717) is 58.3 Å². The minimum absolute atomic E-state index is 0.0249. The van der Waals surface area contributed by atoms with Crippen LogP contribution < -0.4 is 5.32 Å². The van der Waals surface area contributed by atoms with E-state index in [4.69, 9.17) is 0 Å². The Bertz CT molecular complexity index is 1560. The highest BCUT2D eigenvalue weighted by Gasteiger charge is 2.70. The summed E-state index contributed by atoms with van der Waals surface area (Å²) in [4.78, 5) is 28.4. The van der Waals surface area contributed by atoms with Crippen LogP contribution in [0, 0.1) is 51.2 Å². The van der Waals surface area contributed by atoms with E-state index >= 15 is 0 Å². The van der Waals surface area contributed by atoms with Gasteiger partial charge in [-0.3, -0.25) is 9.69 Å². The van der Waals surface area contributed by atoms with Crippen LogP contribution in [0.15, 0.2) is 42.5 Å². The summed E-state index contributed by atoms with van der Waals surface area (Å²) >= 11 is 0. The summed E-state index contributed by atoms with van der Waals surface area (Å²) in [5.41, 5.74) is 5.44. The van der Waals surface area contributed by atoms with Crippen molar-refractivity contribution < 1.29 is 14.7 Å². The largest absolute Gasteiger partial charge is 0.478 e. The summed E-state index contributed by atoms with van der Waals surface area (Å²) in [6.07, 6.45) is 14.6. The number of carbonyl (C=O) groups is 2. The molecule has 1 aromatic carbocycles. The van der Waals surface area contributed by atoms with Crippen molar-refractivity contribution in [1.82, 2.24) is 15.1 Å². The highest BCUT2D eigenvalue weighted by Crippen LogP contribution is 2.76. The van der Waals surface area contributed by atoms with Crippen molar-refractivity contribution in [1.29, 1.82) is 0 Å². The SMILES string of the molecule is C=C(C)[C@@H]1CC[C@]2(NCCN3CCN(C(=O)CC)CC3)CC[C@]3(C)[C@H](CC[C@@H]4[C@@]5(C)CC=C(c6ccc(C(=O)O)cc6)C(C)(C)[C@@H]5CC[C@]43C)[C@@H]12. The quantitative estimate of drug-likeness (QED) is 0.266. The van der Waals surface area contributed by atoms with Gasteiger partial charge in [0.05, 0.1) is 5.56 Å². The lowest BCUT2D eigenvalue weighted by Crippen LogP contribution is -2.68. The van der Waals surface area contributed by atoms with Crippen LogP contribution >= 0.6 is 0 Å². The number of carbonyl (C=O) groups excluding carboxylic acids is 1. The first-order valence-electron chi connectivity index (χ1n) is 20.6. The van der Waals surface area contributed by atoms with E-state index < -0.39 is 5.97 Å². The number of amides is 1. The fraction of sp³-hybridized carbons (Fsp3) is 0.733. The average molecular weight is 698 g/mol. The molecule has 1 aromatic rings. The molecule has 7 rings (SSSR count). The second-order valence-corrected chi connectivity index (χ2v) is 19.3. The maximum absolute atomic E-state index is 12.2. The van der Waals surface area contributed by atoms with Crippen LogP contribution in [-0.2, 0) is 4.79 Å². The van der Waals surface area contributed by atoms with E-state index in [-0.39, 0.29) is 16.4 Å². The van der Waals surface area contributed by atoms with Crippen LogP contribution in [0.2, 0.25) is 0 Å². The Morgan fingerprint density at radius 1 is 0.882 bits per heavy atom. The summed E-state index contributed by atoms with van der Waals surface area (Å²) in [5, 5.41) is 13.8. The summed E-state index contributed by atoms with van der Waals surface area (Å²) < 4.78 is 0. The van der Waals surface area contributed by atoms with Crippen LogP contribution in [0.5, 0.6) is 0 Å². The lowest BCUT2D eigenvalue weighted by molar-refractivity contribution is -0.219. The predicted molar refractivity (Wildman–Crippen MR) is 207 cm³/mol. The molecule has 0 unspecified atom stereocenters. The van der Waals surface area contributed by atoms with Gasteiger partial charge in [0.1, 0.15) is 0 Å². The second kappa shape index (κ2) is 13.1. The number of piperazine rings is 1. The number of carboxylic acid groups (broad SMARTS) is 1. The van der Waals surface area contributed by atoms with Crippen LogP contribution in [-0.4, -0.2) is 71.6 Å². The van der Waals surface area contributed by atoms with Gasteiger partial charge in [-0.1, -0.05) is 71.9 Å². The number of nitrogens with one attached hydrogen (secondary N) is 1. The van der Waals surface area contributed by atoms with Crippen molar-refractivity contribution in [3.05, 3.63) is 53.6 Å². The van der Waals surface area contributed by atoms with Crippen LogP contribution in [0.3, 0.4) is 0 Å². The first-order chi connectivity index (χ1) is 24.1. The van der Waals surface area contributed by atoms with Crippen molar-refractivity contribution in [2.24, 2.45) is 51.2 Å². The molecule has 0 bridgehead atoms. The van der Waals surface area contributed by atoms with Gasteiger partial charge in [0.25, 0.3) is 0 Å². The molecule has 1 aliphatic heterocycles. The molecule has 51 heavy (non-hydrogen) atoms. The molecule has 6 heteroatoms. The van der Waals surface area contributed by atoms with Gasteiger partial charge in [-0.05, 0) is 139 Å². The number of fused-ring (bicyclic) bond motifs is 7. The standard InChI is InChI=1S/C45H67N3O3/c1-9-38(49)48-28-26-47(27-29-48)25-24-46-45-21-16-33(30(2)3)39(45)35-14-15-37-42(6)19-17-34(31-10-12-32(13-11-31)40(50)51)41(4,5)36(42)18-20-44(37,8)43(35,7)22-23-45/h10-13,17,33,35-37,39,46H,2,9,14-16,18-29H2,1,3-8H3,(H,50,51)/t33-,35+,36-,37+,39+,42-,43+,44+,45-/m0/s1. The molecule has 1 heterocycles. The molecule has 1 amide bonds. The van der Waals surface area contributed by atoms with E-state index in [9.17, 15) is 14.7 Å². The molecule has 6 nitrogen and oxygen atoms in total. The zero-order valence-corrected chi connectivity index (χ0v) is 33.0. The van der Waals surface area contributed by atoms with Crippen LogP contribution in [0.1, 0.15) is 129 Å². The number of nitrogens with zero attached hydrogens (tertiary/aromatic N) is 2. The predicted octanol–water partition coefficient (Wildman–Crippen LogP) is 8.93. The Labute approximate surface area is 308 Å². The molecular formula is C45H67N3O3. The topological polar surface area (TPSA) is 72.9 Å². The second-order valence-electron chi connectivity index (χ2n) is 19.3. The van der Waals surface area contributed by atoms with Gasteiger partial charge in [-0.2, -0.15) is 0 Å². The van der Waals surface area contributed by atoms with E-state index in [0.717, 1.165) is 45.7 Å². The lowest BCUT2D eigenvalue weighted by Gasteiger charge is -2.72. The molecule has 1 saturated heterocycles. The first kappa shape index (κ1) is 36.9. The Hall–Kier alpha value is -2.44. The molecule has 6 aliphatic rings. The summed E-state index contributed by atoms with van der Waals surface area (Å²) in [6, 6.07) is 7.63. The third kappa shape index (κ3) is 5.70. The molecule has 0 radical (unpaired) electrons. The molecule has 5 fully saturated rings. The lowest BCUT2D eigenvalue weighted by atomic mass is 9.33. The Kier molecular flexibility index (Phi) is 9.51. The van der Waals surface area contributed by atoms with Crippen molar-refractivity contribution >= 4 is 17.4 Å². The number of carboxylic acids is 1. The van der Waals surface area contributed by atoms with Crippen LogP contribution in [0.4, 0.5) is 0 Å². The minimum Gasteiger partial charge on any atom is -0.478 e. The average Bonchev–Trinajstić information content (AvgIpc) is 3.48. The smallest absolute Gasteiger partial charge is 0.335 e. The van der Waals surface area contributed by atoms with Gasteiger partial charge >= 0.3 is 5.97 Å². The molecule has 0 spiro atoms. The number of hydrogen-bond acceptors (Lipinski definition) is 4. The normalized spacial score (nSPS) is 40.3. The summed E-state index contributed by atoms with van der Waals surface area (Å²) in [7, 11) is 0. The van der Waals surface area contributed by atoms with E-state index in [1.165, 1.54) is 68.1 Å². The Balaban J connectivity index is 1.11. The summed E-state index contributed by atoms with van der Waals surface area (Å²) in [5.74, 6) is 2.69. The zero-order valence-electron chi connectivity index (χ0n) is 33.0.